The predicted octanol–water partition coefficient (Wildman–Crippen LogP) is 2.51. The molecular formula is C15H23NO2. The summed E-state index contributed by atoms with van der Waals surface area (Å²) in [5.41, 5.74) is 1.20. The molecule has 1 aliphatic carbocycles. The second kappa shape index (κ2) is 6.21. The number of hydrogen-bond donors (Lipinski definition) is 2. The van der Waals surface area contributed by atoms with E-state index < -0.39 is 0 Å². The minimum atomic E-state index is -0.192. The van der Waals surface area contributed by atoms with E-state index in [1.165, 1.54) is 12.0 Å². The van der Waals surface area contributed by atoms with Crippen molar-refractivity contribution in [2.75, 3.05) is 14.2 Å². The minimum absolute atomic E-state index is 0.192. The molecule has 0 saturated heterocycles. The molecule has 1 aromatic carbocycles. The highest BCUT2D eigenvalue weighted by Crippen LogP contribution is 2.35. The molecule has 0 amide bonds. The first-order valence-electron chi connectivity index (χ1n) is 6.75. The van der Waals surface area contributed by atoms with Gasteiger partial charge in [0.1, 0.15) is 5.75 Å². The summed E-state index contributed by atoms with van der Waals surface area (Å²) in [5.74, 6) is 1.17. The number of hydrogen-bond acceptors (Lipinski definition) is 3. The Morgan fingerprint density at radius 3 is 2.78 bits per heavy atom. The Morgan fingerprint density at radius 2 is 2.11 bits per heavy atom. The van der Waals surface area contributed by atoms with Crippen molar-refractivity contribution in [3.05, 3.63) is 29.8 Å². The topological polar surface area (TPSA) is 41.5 Å². The molecule has 18 heavy (non-hydrogen) atoms. The molecule has 0 radical (unpaired) electrons. The molecule has 3 nitrogen and oxygen atoms in total. The van der Waals surface area contributed by atoms with Gasteiger partial charge in [-0.1, -0.05) is 25.0 Å². The quantitative estimate of drug-likeness (QED) is 0.861. The summed E-state index contributed by atoms with van der Waals surface area (Å²) < 4.78 is 5.27. The van der Waals surface area contributed by atoms with E-state index >= 15 is 0 Å². The van der Waals surface area contributed by atoms with E-state index in [-0.39, 0.29) is 12.1 Å². The number of nitrogens with one attached hydrogen (secondary N) is 1. The Morgan fingerprint density at radius 1 is 1.33 bits per heavy atom. The van der Waals surface area contributed by atoms with Crippen molar-refractivity contribution in [2.45, 2.75) is 37.8 Å². The molecule has 100 valence electrons. The third-order valence-corrected chi connectivity index (χ3v) is 3.97. The van der Waals surface area contributed by atoms with E-state index in [9.17, 15) is 5.11 Å². The van der Waals surface area contributed by atoms with Crippen LogP contribution in [0.2, 0.25) is 0 Å². The Labute approximate surface area is 109 Å². The van der Waals surface area contributed by atoms with Gasteiger partial charge in [0.15, 0.2) is 0 Å². The first kappa shape index (κ1) is 13.4. The average molecular weight is 249 g/mol. The molecule has 0 spiro atoms. The van der Waals surface area contributed by atoms with Gasteiger partial charge in [-0.25, -0.2) is 0 Å². The third-order valence-electron chi connectivity index (χ3n) is 3.97. The molecule has 2 N–H and O–H groups in total. The van der Waals surface area contributed by atoms with Crippen molar-refractivity contribution < 1.29 is 9.84 Å². The maximum Gasteiger partial charge on any atom is 0.119 e. The maximum atomic E-state index is 10.2. The van der Waals surface area contributed by atoms with Gasteiger partial charge in [0.2, 0.25) is 0 Å². The van der Waals surface area contributed by atoms with Crippen LogP contribution < -0.4 is 10.1 Å². The standard InChI is InChI=1S/C15H23NO2/c1-16-15(13-8-3-4-9-14(13)17)11-6-5-7-12(10-11)18-2/h5-7,10,13-17H,3-4,8-9H2,1-2H3/t13-,14+,15?/m1/s1. The van der Waals surface area contributed by atoms with E-state index in [0.29, 0.717) is 5.92 Å². The normalized spacial score (nSPS) is 25.7. The summed E-state index contributed by atoms with van der Waals surface area (Å²) >= 11 is 0. The molecule has 1 aliphatic rings. The van der Waals surface area contributed by atoms with Crippen molar-refractivity contribution >= 4 is 0 Å². The van der Waals surface area contributed by atoms with Crippen LogP contribution in [0.5, 0.6) is 5.75 Å². The van der Waals surface area contributed by atoms with Crippen molar-refractivity contribution in [3.8, 4) is 5.75 Å². The van der Waals surface area contributed by atoms with E-state index in [0.717, 1.165) is 25.0 Å². The summed E-state index contributed by atoms with van der Waals surface area (Å²) in [4.78, 5) is 0. The smallest absolute Gasteiger partial charge is 0.119 e. The number of benzene rings is 1. The SMILES string of the molecule is CNC(c1cccc(OC)c1)[C@@H]1CCCC[C@@H]1O. The van der Waals surface area contributed by atoms with E-state index in [2.05, 4.69) is 17.4 Å². The van der Waals surface area contributed by atoms with Gasteiger partial charge >= 0.3 is 0 Å². The lowest BCUT2D eigenvalue weighted by Crippen LogP contribution is -2.35. The molecule has 3 heteroatoms. The van der Waals surface area contributed by atoms with Crippen molar-refractivity contribution in [3.63, 3.8) is 0 Å². The number of methoxy groups -OCH3 is 1. The highest BCUT2D eigenvalue weighted by atomic mass is 16.5. The maximum absolute atomic E-state index is 10.2. The lowest BCUT2D eigenvalue weighted by Gasteiger charge is -2.34. The zero-order valence-corrected chi connectivity index (χ0v) is 11.2. The largest absolute Gasteiger partial charge is 0.497 e. The zero-order chi connectivity index (χ0) is 13.0. The van der Waals surface area contributed by atoms with Gasteiger partial charge in [-0.2, -0.15) is 0 Å². The van der Waals surface area contributed by atoms with Crippen LogP contribution in [0, 0.1) is 5.92 Å². The van der Waals surface area contributed by atoms with Crippen LogP contribution in [0.4, 0.5) is 0 Å². The molecular weight excluding hydrogens is 226 g/mol. The van der Waals surface area contributed by atoms with Crippen LogP contribution in [0.25, 0.3) is 0 Å². The van der Waals surface area contributed by atoms with Crippen LogP contribution in [-0.2, 0) is 0 Å². The fourth-order valence-electron chi connectivity index (χ4n) is 2.99. The second-order valence-corrected chi connectivity index (χ2v) is 5.06. The lowest BCUT2D eigenvalue weighted by molar-refractivity contribution is 0.0494. The fourth-order valence-corrected chi connectivity index (χ4v) is 2.99. The van der Waals surface area contributed by atoms with Crippen molar-refractivity contribution in [1.82, 2.24) is 5.32 Å². The fraction of sp³-hybridized carbons (Fsp3) is 0.600. The van der Waals surface area contributed by atoms with Crippen molar-refractivity contribution in [2.24, 2.45) is 5.92 Å². The Kier molecular flexibility index (Phi) is 4.61. The molecule has 1 saturated carbocycles. The highest BCUT2D eigenvalue weighted by molar-refractivity contribution is 5.31. The average Bonchev–Trinajstić information content (AvgIpc) is 2.42. The third kappa shape index (κ3) is 2.85. The van der Waals surface area contributed by atoms with Crippen LogP contribution in [0.1, 0.15) is 37.3 Å². The summed E-state index contributed by atoms with van der Waals surface area (Å²) in [6.45, 7) is 0. The molecule has 3 atom stereocenters. The second-order valence-electron chi connectivity index (χ2n) is 5.06. The Hall–Kier alpha value is -1.06. The number of aliphatic hydroxyl groups excluding tert-OH is 1. The number of rotatable bonds is 4. The molecule has 1 aromatic rings. The van der Waals surface area contributed by atoms with Crippen LogP contribution in [0.15, 0.2) is 24.3 Å². The molecule has 0 aliphatic heterocycles. The lowest BCUT2D eigenvalue weighted by atomic mass is 9.79. The van der Waals surface area contributed by atoms with E-state index in [1.807, 2.05) is 19.2 Å². The highest BCUT2D eigenvalue weighted by Gasteiger charge is 2.30. The monoisotopic (exact) mass is 249 g/mol. The van der Waals surface area contributed by atoms with Gasteiger partial charge in [0.05, 0.1) is 13.2 Å². The van der Waals surface area contributed by atoms with Gasteiger partial charge in [0.25, 0.3) is 0 Å². The molecule has 1 unspecified atom stereocenters. The molecule has 0 heterocycles. The molecule has 0 bridgehead atoms. The first-order valence-corrected chi connectivity index (χ1v) is 6.75. The van der Waals surface area contributed by atoms with Gasteiger partial charge in [-0.05, 0) is 37.6 Å². The molecule has 1 fully saturated rings. The summed E-state index contributed by atoms with van der Waals surface area (Å²) in [5, 5.41) is 13.5. The van der Waals surface area contributed by atoms with Crippen LogP contribution in [-0.4, -0.2) is 25.4 Å². The van der Waals surface area contributed by atoms with Crippen LogP contribution >= 0.6 is 0 Å². The minimum Gasteiger partial charge on any atom is -0.497 e. The van der Waals surface area contributed by atoms with Crippen LogP contribution in [0.3, 0.4) is 0 Å². The van der Waals surface area contributed by atoms with Gasteiger partial charge in [-0.15, -0.1) is 0 Å². The summed E-state index contributed by atoms with van der Waals surface area (Å²) in [7, 11) is 3.65. The predicted molar refractivity (Wildman–Crippen MR) is 72.8 cm³/mol. The van der Waals surface area contributed by atoms with E-state index in [4.69, 9.17) is 4.74 Å². The van der Waals surface area contributed by atoms with Gasteiger partial charge in [0, 0.05) is 12.0 Å². The molecule has 0 aromatic heterocycles. The zero-order valence-electron chi connectivity index (χ0n) is 11.2. The Balaban J connectivity index is 2.20. The van der Waals surface area contributed by atoms with E-state index in [1.54, 1.807) is 7.11 Å². The van der Waals surface area contributed by atoms with Crippen molar-refractivity contribution in [1.29, 1.82) is 0 Å². The summed E-state index contributed by atoms with van der Waals surface area (Å²) in [6, 6.07) is 8.32. The van der Waals surface area contributed by atoms with Gasteiger partial charge < -0.3 is 15.2 Å². The van der Waals surface area contributed by atoms with Gasteiger partial charge in [-0.3, -0.25) is 0 Å². The first-order chi connectivity index (χ1) is 8.76. The Bertz CT molecular complexity index is 381. The molecule has 2 rings (SSSR count). The number of aliphatic hydroxyl groups is 1. The number of ether oxygens (including phenoxy) is 1. The summed E-state index contributed by atoms with van der Waals surface area (Å²) in [6.07, 6.45) is 4.18.